The maximum atomic E-state index is 11.9. The Morgan fingerprint density at radius 2 is 1.95 bits per heavy atom. The number of nitrogens with one attached hydrogen (secondary N) is 2. The first kappa shape index (κ1) is 16.4. The van der Waals surface area contributed by atoms with Gasteiger partial charge in [-0.25, -0.2) is 4.79 Å². The lowest BCUT2D eigenvalue weighted by atomic mass is 10.1. The highest BCUT2D eigenvalue weighted by molar-refractivity contribution is 9.10. The maximum Gasteiger partial charge on any atom is 0.319 e. The van der Waals surface area contributed by atoms with Gasteiger partial charge in [0.15, 0.2) is 0 Å². The molecule has 0 aliphatic carbocycles. The Morgan fingerprint density at radius 3 is 2.73 bits per heavy atom. The number of para-hydroxylation sites is 1. The zero-order valence-electron chi connectivity index (χ0n) is 12.7. The molecule has 0 saturated heterocycles. The number of hydrogen-bond acceptors (Lipinski definition) is 2. The fourth-order valence-electron chi connectivity index (χ4n) is 1.92. The highest BCUT2D eigenvalue weighted by Gasteiger charge is 2.04. The molecule has 5 heteroatoms. The van der Waals surface area contributed by atoms with Crippen LogP contribution in [0.4, 0.5) is 10.5 Å². The minimum absolute atomic E-state index is 0.232. The summed E-state index contributed by atoms with van der Waals surface area (Å²) in [5.74, 6) is 0.763. The second-order valence-electron chi connectivity index (χ2n) is 4.98. The molecule has 0 heterocycles. The van der Waals surface area contributed by atoms with Crippen LogP contribution in [-0.2, 0) is 0 Å². The molecule has 2 N–H and O–H groups in total. The van der Waals surface area contributed by atoms with E-state index in [-0.39, 0.29) is 6.03 Å². The van der Waals surface area contributed by atoms with E-state index >= 15 is 0 Å². The average Bonchev–Trinajstić information content (AvgIpc) is 2.49. The Labute approximate surface area is 139 Å². The lowest BCUT2D eigenvalue weighted by molar-refractivity contribution is 0.247. The van der Waals surface area contributed by atoms with Crippen LogP contribution in [0.25, 0.3) is 0 Å². The van der Waals surface area contributed by atoms with Gasteiger partial charge in [-0.1, -0.05) is 24.3 Å². The third-order valence-corrected chi connectivity index (χ3v) is 3.78. The summed E-state index contributed by atoms with van der Waals surface area (Å²) >= 11 is 3.41. The van der Waals surface area contributed by atoms with Crippen molar-refractivity contribution in [3.05, 3.63) is 58.1 Å². The highest BCUT2D eigenvalue weighted by atomic mass is 79.9. The van der Waals surface area contributed by atoms with Crippen LogP contribution in [0.2, 0.25) is 0 Å². The molecule has 2 aromatic carbocycles. The zero-order chi connectivity index (χ0) is 15.9. The fraction of sp³-hybridized carbons (Fsp3) is 0.235. The number of carbonyl (C=O) groups is 1. The predicted octanol–water partition coefficient (Wildman–Crippen LogP) is 4.27. The number of amides is 2. The molecule has 116 valence electrons. The number of halogens is 1. The number of ether oxygens (including phenoxy) is 1. The van der Waals surface area contributed by atoms with Gasteiger partial charge >= 0.3 is 6.03 Å². The van der Waals surface area contributed by atoms with Crippen LogP contribution in [0.3, 0.4) is 0 Å². The summed E-state index contributed by atoms with van der Waals surface area (Å²) in [5.41, 5.74) is 2.97. The normalized spacial score (nSPS) is 10.1. The van der Waals surface area contributed by atoms with Crippen molar-refractivity contribution in [1.82, 2.24) is 5.32 Å². The van der Waals surface area contributed by atoms with Gasteiger partial charge in [0.2, 0.25) is 0 Å². The molecular weight excluding hydrogens is 344 g/mol. The first-order chi connectivity index (χ1) is 10.6. The van der Waals surface area contributed by atoms with Gasteiger partial charge in [-0.05, 0) is 59.1 Å². The number of benzene rings is 2. The van der Waals surface area contributed by atoms with E-state index < -0.39 is 0 Å². The van der Waals surface area contributed by atoms with Crippen molar-refractivity contribution in [1.29, 1.82) is 0 Å². The minimum Gasteiger partial charge on any atom is -0.491 e. The topological polar surface area (TPSA) is 50.4 Å². The number of anilines is 1. The molecule has 0 fully saturated rings. The molecule has 0 radical (unpaired) electrons. The van der Waals surface area contributed by atoms with Gasteiger partial charge in [0.1, 0.15) is 12.4 Å². The van der Waals surface area contributed by atoms with Crippen molar-refractivity contribution in [2.75, 3.05) is 18.5 Å². The summed E-state index contributed by atoms with van der Waals surface area (Å²) in [7, 11) is 0. The zero-order valence-corrected chi connectivity index (χ0v) is 14.2. The summed E-state index contributed by atoms with van der Waals surface area (Å²) in [5, 5.41) is 5.62. The molecule has 0 saturated carbocycles. The van der Waals surface area contributed by atoms with Gasteiger partial charge in [-0.3, -0.25) is 0 Å². The first-order valence-corrected chi connectivity index (χ1v) is 7.85. The fourth-order valence-corrected chi connectivity index (χ4v) is 2.32. The maximum absolute atomic E-state index is 11.9. The Kier molecular flexibility index (Phi) is 5.83. The largest absolute Gasteiger partial charge is 0.491 e. The highest BCUT2D eigenvalue weighted by Crippen LogP contribution is 2.23. The van der Waals surface area contributed by atoms with Gasteiger partial charge < -0.3 is 15.4 Å². The summed E-state index contributed by atoms with van der Waals surface area (Å²) in [6, 6.07) is 13.3. The molecule has 4 nitrogen and oxygen atoms in total. The van der Waals surface area contributed by atoms with E-state index in [1.54, 1.807) is 0 Å². The lowest BCUT2D eigenvalue weighted by Crippen LogP contribution is -2.32. The molecule has 0 spiro atoms. The Bertz CT molecular complexity index is 659. The van der Waals surface area contributed by atoms with Gasteiger partial charge in [0, 0.05) is 5.69 Å². The second kappa shape index (κ2) is 7.84. The lowest BCUT2D eigenvalue weighted by Gasteiger charge is -2.11. The van der Waals surface area contributed by atoms with E-state index in [0.717, 1.165) is 27.0 Å². The molecule has 2 amide bonds. The number of urea groups is 1. The van der Waals surface area contributed by atoms with Crippen LogP contribution in [0.15, 0.2) is 46.9 Å². The number of hydrogen-bond donors (Lipinski definition) is 2. The molecular formula is C17H19BrN2O2. The monoisotopic (exact) mass is 362 g/mol. The minimum atomic E-state index is -0.232. The average molecular weight is 363 g/mol. The van der Waals surface area contributed by atoms with Crippen LogP contribution in [-0.4, -0.2) is 19.2 Å². The molecule has 0 aliphatic heterocycles. The molecule has 2 aromatic rings. The Hall–Kier alpha value is -2.01. The Balaban J connectivity index is 1.76. The third-order valence-electron chi connectivity index (χ3n) is 3.12. The SMILES string of the molecule is Cc1ccc(C)c(NC(=O)NCCOc2ccccc2Br)c1. The van der Waals surface area contributed by atoms with Crippen LogP contribution >= 0.6 is 15.9 Å². The third kappa shape index (κ3) is 4.77. The van der Waals surface area contributed by atoms with Gasteiger partial charge in [-0.2, -0.15) is 0 Å². The molecule has 0 atom stereocenters. The summed E-state index contributed by atoms with van der Waals surface area (Å²) in [6.45, 7) is 4.79. The van der Waals surface area contributed by atoms with Crippen molar-refractivity contribution in [3.8, 4) is 5.75 Å². The van der Waals surface area contributed by atoms with Crippen molar-refractivity contribution in [3.63, 3.8) is 0 Å². The van der Waals surface area contributed by atoms with E-state index in [0.29, 0.717) is 13.2 Å². The molecule has 0 aromatic heterocycles. The quantitative estimate of drug-likeness (QED) is 0.780. The van der Waals surface area contributed by atoms with E-state index in [4.69, 9.17) is 4.74 Å². The molecule has 0 unspecified atom stereocenters. The Morgan fingerprint density at radius 1 is 1.18 bits per heavy atom. The van der Waals surface area contributed by atoms with Gasteiger partial charge in [0.25, 0.3) is 0 Å². The van der Waals surface area contributed by atoms with Crippen LogP contribution in [0.5, 0.6) is 5.75 Å². The van der Waals surface area contributed by atoms with Crippen molar-refractivity contribution in [2.24, 2.45) is 0 Å². The molecule has 0 aliphatic rings. The summed E-state index contributed by atoms with van der Waals surface area (Å²) in [4.78, 5) is 11.9. The van der Waals surface area contributed by atoms with Gasteiger partial charge in [-0.15, -0.1) is 0 Å². The first-order valence-electron chi connectivity index (χ1n) is 7.05. The van der Waals surface area contributed by atoms with Crippen LogP contribution in [0, 0.1) is 13.8 Å². The standard InChI is InChI=1S/C17H19BrN2O2/c1-12-7-8-13(2)15(11-12)20-17(21)19-9-10-22-16-6-4-3-5-14(16)18/h3-8,11H,9-10H2,1-2H3,(H2,19,20,21). The number of aryl methyl sites for hydroxylation is 2. The summed E-state index contributed by atoms with van der Waals surface area (Å²) < 4.78 is 6.49. The van der Waals surface area contributed by atoms with E-state index in [1.165, 1.54) is 0 Å². The number of rotatable bonds is 5. The van der Waals surface area contributed by atoms with Gasteiger partial charge in [0.05, 0.1) is 11.0 Å². The smallest absolute Gasteiger partial charge is 0.319 e. The second-order valence-corrected chi connectivity index (χ2v) is 5.83. The van der Waals surface area contributed by atoms with E-state index in [2.05, 4.69) is 26.6 Å². The van der Waals surface area contributed by atoms with Crippen LogP contribution in [0.1, 0.15) is 11.1 Å². The molecule has 0 bridgehead atoms. The van der Waals surface area contributed by atoms with Crippen molar-refractivity contribution in [2.45, 2.75) is 13.8 Å². The van der Waals surface area contributed by atoms with E-state index in [1.807, 2.05) is 56.3 Å². The number of carbonyl (C=O) groups excluding carboxylic acids is 1. The molecule has 2 rings (SSSR count). The summed E-state index contributed by atoms with van der Waals surface area (Å²) in [6.07, 6.45) is 0. The van der Waals surface area contributed by atoms with Crippen molar-refractivity contribution < 1.29 is 9.53 Å². The van der Waals surface area contributed by atoms with Crippen LogP contribution < -0.4 is 15.4 Å². The predicted molar refractivity (Wildman–Crippen MR) is 92.6 cm³/mol. The molecule has 22 heavy (non-hydrogen) atoms. The van der Waals surface area contributed by atoms with E-state index in [9.17, 15) is 4.79 Å². The van der Waals surface area contributed by atoms with Crippen molar-refractivity contribution >= 4 is 27.6 Å².